The van der Waals surface area contributed by atoms with E-state index in [0.29, 0.717) is 24.2 Å². The van der Waals surface area contributed by atoms with Gasteiger partial charge in [0.1, 0.15) is 19.3 Å². The van der Waals surface area contributed by atoms with Gasteiger partial charge in [-0.3, -0.25) is 28.8 Å². The number of hydrogen-bond acceptors (Lipinski definition) is 12. The molecule has 0 N–H and O–H groups in total. The summed E-state index contributed by atoms with van der Waals surface area (Å²) in [6, 6.07) is 0. The molecule has 4 aliphatic carbocycles. The van der Waals surface area contributed by atoms with Crippen molar-refractivity contribution in [2.45, 2.75) is 124 Å². The number of rotatable bonds is 9. The number of carbonyl (C=O) groups excluding carboxylic acids is 6. The Kier molecular flexibility index (Phi) is 10.3. The summed E-state index contributed by atoms with van der Waals surface area (Å²) in [4.78, 5) is 74.1. The van der Waals surface area contributed by atoms with Crippen LogP contribution in [-0.4, -0.2) is 79.4 Å². The average molecular weight is 661 g/mol. The minimum Gasteiger partial charge on any atom is -0.463 e. The quantitative estimate of drug-likeness (QED) is 0.261. The van der Waals surface area contributed by atoms with Crippen LogP contribution in [-0.2, 0) is 57.2 Å². The molecule has 47 heavy (non-hydrogen) atoms. The van der Waals surface area contributed by atoms with E-state index in [4.69, 9.17) is 28.4 Å². The van der Waals surface area contributed by atoms with Crippen molar-refractivity contribution in [2.75, 3.05) is 13.2 Å². The molecule has 0 aromatic rings. The van der Waals surface area contributed by atoms with Crippen molar-refractivity contribution in [3.63, 3.8) is 0 Å². The summed E-state index contributed by atoms with van der Waals surface area (Å²) in [7, 11) is 0. The highest BCUT2D eigenvalue weighted by atomic mass is 16.7. The second-order valence-corrected chi connectivity index (χ2v) is 14.5. The number of fused-ring (bicyclic) bond motifs is 5. The molecule has 3 saturated carbocycles. The van der Waals surface area contributed by atoms with E-state index in [9.17, 15) is 28.8 Å². The molecule has 0 unspecified atom stereocenters. The Morgan fingerprint density at radius 1 is 0.787 bits per heavy atom. The molecule has 0 aromatic carbocycles. The summed E-state index contributed by atoms with van der Waals surface area (Å²) < 4.78 is 33.6. The standard InChI is InChI=1S/C35H48O12/c1-18(36)42-17-29-30(44-19(2)37)31(45-20(3)38)32(46-21(4)39)33(47-29)43-16-28(41)27-10-9-25-24-8-7-22-15-23(40)11-13-34(22,5)26(24)12-14-35(25,27)6/h15,24-27,29-33H,7-14,16-17H2,1-6H3/t24-,25-,26-,27-,29-,30+,31-,32+,33+,34-,35-/m0/s1. The Labute approximate surface area is 275 Å². The van der Waals surface area contributed by atoms with E-state index in [1.165, 1.54) is 12.5 Å². The van der Waals surface area contributed by atoms with Crippen molar-refractivity contribution < 1.29 is 57.2 Å². The summed E-state index contributed by atoms with van der Waals surface area (Å²) in [5.74, 6) is -1.55. The number of hydrogen-bond donors (Lipinski definition) is 0. The molecule has 0 bridgehead atoms. The fourth-order valence-electron chi connectivity index (χ4n) is 9.68. The van der Waals surface area contributed by atoms with Crippen LogP contribution in [0, 0.1) is 34.5 Å². The lowest BCUT2D eigenvalue weighted by molar-refractivity contribution is -0.306. The number of ketones is 2. The molecular formula is C35H48O12. The molecule has 1 aliphatic heterocycles. The zero-order valence-corrected chi connectivity index (χ0v) is 28.2. The lowest BCUT2D eigenvalue weighted by atomic mass is 9.46. The number of Topliss-reactive ketones (excluding diaryl/α,β-unsaturated/α-hetero) is 1. The highest BCUT2D eigenvalue weighted by Crippen LogP contribution is 2.66. The molecule has 11 atom stereocenters. The number of ether oxygens (including phenoxy) is 6. The van der Waals surface area contributed by atoms with Crippen molar-refractivity contribution in [1.29, 1.82) is 0 Å². The monoisotopic (exact) mass is 660 g/mol. The van der Waals surface area contributed by atoms with Gasteiger partial charge in [0.05, 0.1) is 0 Å². The van der Waals surface area contributed by atoms with Gasteiger partial charge in [0.2, 0.25) is 0 Å². The topological polar surface area (TPSA) is 158 Å². The Morgan fingerprint density at radius 2 is 1.45 bits per heavy atom. The molecule has 4 fully saturated rings. The van der Waals surface area contributed by atoms with Gasteiger partial charge in [-0.15, -0.1) is 0 Å². The lowest BCUT2D eigenvalue weighted by Gasteiger charge is -2.58. The number of carbonyl (C=O) groups is 6. The molecular weight excluding hydrogens is 612 g/mol. The van der Waals surface area contributed by atoms with Crippen LogP contribution in [0.2, 0.25) is 0 Å². The van der Waals surface area contributed by atoms with E-state index < -0.39 is 54.6 Å². The number of allylic oxidation sites excluding steroid dienone is 1. The fraction of sp³-hybridized carbons (Fsp3) is 0.771. The van der Waals surface area contributed by atoms with E-state index >= 15 is 0 Å². The van der Waals surface area contributed by atoms with Crippen LogP contribution in [0.1, 0.15) is 92.9 Å². The molecule has 5 aliphatic rings. The average Bonchev–Trinajstić information content (AvgIpc) is 3.34. The van der Waals surface area contributed by atoms with Crippen molar-refractivity contribution in [1.82, 2.24) is 0 Å². The minimum atomic E-state index is -1.39. The first kappa shape index (κ1) is 35.2. The third kappa shape index (κ3) is 7.04. The summed E-state index contributed by atoms with van der Waals surface area (Å²) in [6.07, 6.45) is 2.38. The molecule has 5 rings (SSSR count). The van der Waals surface area contributed by atoms with Gasteiger partial charge in [0.15, 0.2) is 36.2 Å². The highest BCUT2D eigenvalue weighted by molar-refractivity contribution is 5.91. The Morgan fingerprint density at radius 3 is 2.11 bits per heavy atom. The van der Waals surface area contributed by atoms with E-state index in [-0.39, 0.29) is 41.5 Å². The van der Waals surface area contributed by atoms with Crippen molar-refractivity contribution in [3.05, 3.63) is 11.6 Å². The van der Waals surface area contributed by atoms with Gasteiger partial charge >= 0.3 is 23.9 Å². The molecule has 0 aromatic heterocycles. The van der Waals surface area contributed by atoms with Crippen molar-refractivity contribution in [3.8, 4) is 0 Å². The fourth-order valence-corrected chi connectivity index (χ4v) is 9.68. The van der Waals surface area contributed by atoms with Gasteiger partial charge in [-0.05, 0) is 79.6 Å². The second kappa shape index (κ2) is 13.8. The first-order valence-corrected chi connectivity index (χ1v) is 16.8. The predicted molar refractivity (Wildman–Crippen MR) is 163 cm³/mol. The van der Waals surface area contributed by atoms with Gasteiger partial charge in [0.25, 0.3) is 0 Å². The molecule has 0 spiro atoms. The van der Waals surface area contributed by atoms with E-state index in [2.05, 4.69) is 13.8 Å². The van der Waals surface area contributed by atoms with Crippen LogP contribution >= 0.6 is 0 Å². The normalized spacial score (nSPS) is 39.3. The molecule has 0 radical (unpaired) electrons. The molecule has 0 amide bonds. The van der Waals surface area contributed by atoms with Crippen molar-refractivity contribution >= 4 is 35.4 Å². The third-order valence-electron chi connectivity index (χ3n) is 11.7. The van der Waals surface area contributed by atoms with Gasteiger partial charge in [-0.1, -0.05) is 19.4 Å². The SMILES string of the molecule is CC(=O)OC[C@@H]1O[C@@H](OCC(=O)[C@@H]2CC[C@H]3[C@@H]4CCC5=CC(=O)CC[C@]5(C)[C@H]4CC[C@]23C)[C@H](OC(C)=O)[C@@H](OC(C)=O)[C@@H]1OC(C)=O. The minimum absolute atomic E-state index is 0.0402. The largest absolute Gasteiger partial charge is 0.463 e. The summed E-state index contributed by atoms with van der Waals surface area (Å²) in [6.45, 7) is 8.50. The van der Waals surface area contributed by atoms with Gasteiger partial charge in [0, 0.05) is 40.0 Å². The van der Waals surface area contributed by atoms with Crippen LogP contribution in [0.15, 0.2) is 11.6 Å². The second-order valence-electron chi connectivity index (χ2n) is 14.5. The third-order valence-corrected chi connectivity index (χ3v) is 11.7. The van der Waals surface area contributed by atoms with Gasteiger partial charge in [-0.2, -0.15) is 0 Å². The van der Waals surface area contributed by atoms with Crippen LogP contribution in [0.25, 0.3) is 0 Å². The van der Waals surface area contributed by atoms with E-state index in [0.717, 1.165) is 65.7 Å². The van der Waals surface area contributed by atoms with Crippen LogP contribution in [0.3, 0.4) is 0 Å². The predicted octanol–water partition coefficient (Wildman–Crippen LogP) is 3.80. The Balaban J connectivity index is 1.33. The number of esters is 4. The lowest BCUT2D eigenvalue weighted by Crippen LogP contribution is -2.63. The summed E-state index contributed by atoms with van der Waals surface area (Å²) >= 11 is 0. The highest BCUT2D eigenvalue weighted by Gasteiger charge is 2.60. The smallest absolute Gasteiger partial charge is 0.303 e. The Hall–Kier alpha value is -3.12. The molecule has 1 heterocycles. The van der Waals surface area contributed by atoms with Crippen LogP contribution < -0.4 is 0 Å². The maximum Gasteiger partial charge on any atom is 0.303 e. The maximum atomic E-state index is 14.0. The zero-order chi connectivity index (χ0) is 34.3. The Bertz CT molecular complexity index is 1320. The summed E-state index contributed by atoms with van der Waals surface area (Å²) in [5.41, 5.74) is 1.14. The molecule has 12 nitrogen and oxygen atoms in total. The summed E-state index contributed by atoms with van der Waals surface area (Å²) in [5, 5.41) is 0. The van der Waals surface area contributed by atoms with Crippen molar-refractivity contribution in [2.24, 2.45) is 34.5 Å². The molecule has 1 saturated heterocycles. The molecule has 12 heteroatoms. The van der Waals surface area contributed by atoms with E-state index in [1.54, 1.807) is 0 Å². The van der Waals surface area contributed by atoms with Gasteiger partial charge in [-0.25, -0.2) is 0 Å². The van der Waals surface area contributed by atoms with Crippen LogP contribution in [0.4, 0.5) is 0 Å². The van der Waals surface area contributed by atoms with E-state index in [1.807, 2.05) is 6.08 Å². The first-order chi connectivity index (χ1) is 22.1. The van der Waals surface area contributed by atoms with Crippen LogP contribution in [0.5, 0.6) is 0 Å². The maximum absolute atomic E-state index is 14.0. The van der Waals surface area contributed by atoms with Gasteiger partial charge < -0.3 is 28.4 Å². The first-order valence-electron chi connectivity index (χ1n) is 16.8. The zero-order valence-electron chi connectivity index (χ0n) is 28.2. The molecule has 260 valence electrons.